The van der Waals surface area contributed by atoms with Gasteiger partial charge in [-0.3, -0.25) is 14.9 Å². The van der Waals surface area contributed by atoms with Crippen LogP contribution in [0.25, 0.3) is 21.7 Å². The van der Waals surface area contributed by atoms with Gasteiger partial charge in [0.05, 0.1) is 11.1 Å². The number of nitro benzene ring substituents is 1. The molecule has 1 N–H and O–H groups in total. The first-order valence-corrected chi connectivity index (χ1v) is 10.8. The average Bonchev–Trinajstić information content (AvgIpc) is 3.34. The molecule has 1 heterocycles. The number of carbonyl (C=O) groups excluding carboxylic acids is 1. The van der Waals surface area contributed by atoms with Crippen molar-refractivity contribution in [3.05, 3.63) is 118 Å². The van der Waals surface area contributed by atoms with Crippen LogP contribution in [0.2, 0.25) is 0 Å². The normalized spacial score (nSPS) is 11.2. The van der Waals surface area contributed by atoms with E-state index in [-0.39, 0.29) is 18.1 Å². The van der Waals surface area contributed by atoms with Gasteiger partial charge in [0, 0.05) is 17.5 Å². The molecular weight excluding hydrogens is 446 g/mol. The Balaban J connectivity index is 1.19. The average molecular weight is 465 g/mol. The molecule has 8 heteroatoms. The molecule has 5 aromatic rings. The SMILES string of the molecule is O=C(N/N=C/c1ccc(OCc2cccc([N+](=O)[O-])c2)cc1)c1cc2c(ccc3ccccc32)o1. The second-order valence-electron chi connectivity index (χ2n) is 7.79. The van der Waals surface area contributed by atoms with Gasteiger partial charge in [-0.2, -0.15) is 5.10 Å². The van der Waals surface area contributed by atoms with E-state index in [4.69, 9.17) is 9.15 Å². The number of hydrogen-bond acceptors (Lipinski definition) is 6. The third-order valence-corrected chi connectivity index (χ3v) is 5.44. The van der Waals surface area contributed by atoms with E-state index >= 15 is 0 Å². The minimum atomic E-state index is -0.446. The molecule has 0 atom stereocenters. The molecule has 0 bridgehead atoms. The van der Waals surface area contributed by atoms with Gasteiger partial charge in [0.1, 0.15) is 17.9 Å². The van der Waals surface area contributed by atoms with Crippen LogP contribution in [0.5, 0.6) is 5.75 Å². The third kappa shape index (κ3) is 4.86. The Morgan fingerprint density at radius 1 is 0.971 bits per heavy atom. The van der Waals surface area contributed by atoms with Crippen LogP contribution in [0.3, 0.4) is 0 Å². The topological polar surface area (TPSA) is 107 Å². The quantitative estimate of drug-likeness (QED) is 0.185. The first-order chi connectivity index (χ1) is 17.1. The summed E-state index contributed by atoms with van der Waals surface area (Å²) in [7, 11) is 0. The number of rotatable bonds is 7. The Morgan fingerprint density at radius 2 is 1.80 bits per heavy atom. The molecule has 0 fully saturated rings. The molecule has 4 aromatic carbocycles. The summed E-state index contributed by atoms with van der Waals surface area (Å²) in [5.74, 6) is 0.337. The zero-order valence-corrected chi connectivity index (χ0v) is 18.4. The highest BCUT2D eigenvalue weighted by Gasteiger charge is 2.13. The van der Waals surface area contributed by atoms with Crippen molar-refractivity contribution in [1.82, 2.24) is 5.43 Å². The number of carbonyl (C=O) groups is 1. The van der Waals surface area contributed by atoms with Gasteiger partial charge in [-0.1, -0.05) is 42.5 Å². The lowest BCUT2D eigenvalue weighted by Gasteiger charge is -2.06. The predicted octanol–water partition coefficient (Wildman–Crippen LogP) is 5.84. The van der Waals surface area contributed by atoms with E-state index < -0.39 is 10.8 Å². The van der Waals surface area contributed by atoms with Crippen LogP contribution >= 0.6 is 0 Å². The molecule has 35 heavy (non-hydrogen) atoms. The predicted molar refractivity (Wildman–Crippen MR) is 133 cm³/mol. The van der Waals surface area contributed by atoms with Crippen LogP contribution in [0, 0.1) is 10.1 Å². The highest BCUT2D eigenvalue weighted by molar-refractivity contribution is 6.08. The van der Waals surface area contributed by atoms with Crippen molar-refractivity contribution in [2.75, 3.05) is 0 Å². The van der Waals surface area contributed by atoms with Gasteiger partial charge >= 0.3 is 5.91 Å². The van der Waals surface area contributed by atoms with Crippen molar-refractivity contribution in [2.45, 2.75) is 6.61 Å². The van der Waals surface area contributed by atoms with Crippen LogP contribution in [0.1, 0.15) is 21.7 Å². The zero-order valence-electron chi connectivity index (χ0n) is 18.4. The van der Waals surface area contributed by atoms with Gasteiger partial charge in [0.15, 0.2) is 5.76 Å². The summed E-state index contributed by atoms with van der Waals surface area (Å²) in [6, 6.07) is 26.8. The largest absolute Gasteiger partial charge is 0.489 e. The van der Waals surface area contributed by atoms with Crippen LogP contribution in [0.15, 0.2) is 101 Å². The number of benzene rings is 4. The van der Waals surface area contributed by atoms with E-state index in [1.165, 1.54) is 18.3 Å². The van der Waals surface area contributed by atoms with Crippen molar-refractivity contribution >= 4 is 39.6 Å². The molecule has 0 spiro atoms. The monoisotopic (exact) mass is 465 g/mol. The number of hydrogen-bond donors (Lipinski definition) is 1. The van der Waals surface area contributed by atoms with E-state index in [2.05, 4.69) is 10.5 Å². The Morgan fingerprint density at radius 3 is 2.63 bits per heavy atom. The molecule has 1 amide bonds. The van der Waals surface area contributed by atoms with Crippen molar-refractivity contribution in [3.8, 4) is 5.75 Å². The van der Waals surface area contributed by atoms with Crippen molar-refractivity contribution in [1.29, 1.82) is 0 Å². The Hall–Kier alpha value is -4.98. The molecule has 0 radical (unpaired) electrons. The Bertz CT molecular complexity index is 1570. The zero-order chi connectivity index (χ0) is 24.2. The molecule has 0 aliphatic carbocycles. The van der Waals surface area contributed by atoms with Crippen LogP contribution < -0.4 is 10.2 Å². The Labute approximate surface area is 199 Å². The molecule has 1 aromatic heterocycles. The summed E-state index contributed by atoms with van der Waals surface area (Å²) in [6.45, 7) is 0.206. The molecule has 0 aliphatic rings. The number of amides is 1. The summed E-state index contributed by atoms with van der Waals surface area (Å²) in [6.07, 6.45) is 1.51. The summed E-state index contributed by atoms with van der Waals surface area (Å²) in [5, 5.41) is 17.9. The first kappa shape index (κ1) is 21.8. The van der Waals surface area contributed by atoms with Crippen molar-refractivity contribution in [2.24, 2.45) is 5.10 Å². The van der Waals surface area contributed by atoms with Gasteiger partial charge in [0.2, 0.25) is 0 Å². The van der Waals surface area contributed by atoms with Crippen LogP contribution in [-0.4, -0.2) is 17.0 Å². The summed E-state index contributed by atoms with van der Waals surface area (Å²) < 4.78 is 11.4. The van der Waals surface area contributed by atoms with Crippen molar-refractivity contribution in [3.63, 3.8) is 0 Å². The summed E-state index contributed by atoms with van der Waals surface area (Å²) in [4.78, 5) is 22.9. The highest BCUT2D eigenvalue weighted by Crippen LogP contribution is 2.28. The lowest BCUT2D eigenvalue weighted by Crippen LogP contribution is -2.16. The minimum absolute atomic E-state index is 0.0238. The molecular formula is C27H19N3O5. The van der Waals surface area contributed by atoms with E-state index in [0.717, 1.165) is 21.7 Å². The summed E-state index contributed by atoms with van der Waals surface area (Å²) in [5.41, 5.74) is 4.60. The second-order valence-corrected chi connectivity index (χ2v) is 7.79. The number of nitro groups is 1. The fraction of sp³-hybridized carbons (Fsp3) is 0.0370. The molecule has 172 valence electrons. The third-order valence-electron chi connectivity index (χ3n) is 5.44. The highest BCUT2D eigenvalue weighted by atomic mass is 16.6. The fourth-order valence-electron chi connectivity index (χ4n) is 3.70. The maximum atomic E-state index is 12.5. The number of nitrogens with zero attached hydrogens (tertiary/aromatic N) is 2. The molecule has 5 rings (SSSR count). The van der Waals surface area contributed by atoms with E-state index in [1.807, 2.05) is 36.4 Å². The smallest absolute Gasteiger partial charge is 0.307 e. The molecule has 0 unspecified atom stereocenters. The molecule has 0 saturated heterocycles. The second kappa shape index (κ2) is 9.48. The molecule has 0 aliphatic heterocycles. The fourth-order valence-corrected chi connectivity index (χ4v) is 3.70. The van der Waals surface area contributed by atoms with Gasteiger partial charge in [-0.15, -0.1) is 0 Å². The minimum Gasteiger partial charge on any atom is -0.489 e. The number of fused-ring (bicyclic) bond motifs is 3. The Kier molecular flexibility index (Phi) is 5.92. The number of furan rings is 1. The maximum Gasteiger partial charge on any atom is 0.307 e. The number of non-ortho nitro benzene ring substituents is 1. The van der Waals surface area contributed by atoms with E-state index in [0.29, 0.717) is 16.9 Å². The molecule has 0 saturated carbocycles. The number of hydrazone groups is 1. The van der Waals surface area contributed by atoms with Gasteiger partial charge in [-0.25, -0.2) is 5.43 Å². The van der Waals surface area contributed by atoms with E-state index in [9.17, 15) is 14.9 Å². The number of ether oxygens (including phenoxy) is 1. The molecule has 8 nitrogen and oxygen atoms in total. The van der Waals surface area contributed by atoms with Gasteiger partial charge < -0.3 is 9.15 Å². The van der Waals surface area contributed by atoms with Crippen molar-refractivity contribution < 1.29 is 18.9 Å². The standard InChI is InChI=1S/C27H19N3O5/c31-27(26-15-24-23-7-2-1-5-20(23)10-13-25(24)35-26)29-28-16-18-8-11-22(12-9-18)34-17-19-4-3-6-21(14-19)30(32)33/h1-16H,17H2,(H,29,31)/b28-16+. The lowest BCUT2D eigenvalue weighted by atomic mass is 10.1. The van der Waals surface area contributed by atoms with Crippen LogP contribution in [-0.2, 0) is 6.61 Å². The van der Waals surface area contributed by atoms with E-state index in [1.54, 1.807) is 42.5 Å². The van der Waals surface area contributed by atoms with Gasteiger partial charge in [0.25, 0.3) is 5.69 Å². The first-order valence-electron chi connectivity index (χ1n) is 10.8. The summed E-state index contributed by atoms with van der Waals surface area (Å²) >= 11 is 0. The van der Waals surface area contributed by atoms with Gasteiger partial charge in [-0.05, 0) is 58.3 Å². The van der Waals surface area contributed by atoms with Crippen LogP contribution in [0.4, 0.5) is 5.69 Å². The maximum absolute atomic E-state index is 12.5. The number of nitrogens with one attached hydrogen (secondary N) is 1. The lowest BCUT2D eigenvalue weighted by molar-refractivity contribution is -0.384.